The summed E-state index contributed by atoms with van der Waals surface area (Å²) in [6.45, 7) is 9.00. The lowest BCUT2D eigenvalue weighted by atomic mass is 9.51. The number of hydrogen-bond donors (Lipinski definition) is 3. The van der Waals surface area contributed by atoms with Crippen LogP contribution >= 0.6 is 0 Å². The van der Waals surface area contributed by atoms with E-state index in [0.717, 1.165) is 49.4 Å². The molecule has 2 aliphatic heterocycles. The van der Waals surface area contributed by atoms with Gasteiger partial charge in [-0.3, -0.25) is 14.5 Å². The normalized spacial score (nSPS) is 28.0. The molecule has 1 aromatic heterocycles. The Morgan fingerprint density at radius 1 is 1.21 bits per heavy atom. The topological polar surface area (TPSA) is 86.5 Å². The van der Waals surface area contributed by atoms with Crippen molar-refractivity contribution in [3.63, 3.8) is 0 Å². The number of piperidine rings is 1. The highest BCUT2D eigenvalue weighted by Gasteiger charge is 2.65. The zero-order valence-corrected chi connectivity index (χ0v) is 20.3. The van der Waals surface area contributed by atoms with Crippen LogP contribution in [0.3, 0.4) is 0 Å². The molecular weight excluding hydrogens is 428 g/mol. The van der Waals surface area contributed by atoms with Crippen molar-refractivity contribution in [1.82, 2.24) is 20.5 Å². The molecule has 3 heterocycles. The first-order chi connectivity index (χ1) is 16.5. The summed E-state index contributed by atoms with van der Waals surface area (Å²) in [6, 6.07) is 6.85. The molecule has 2 aromatic rings. The van der Waals surface area contributed by atoms with Gasteiger partial charge < -0.3 is 20.4 Å². The fraction of sp³-hybridized carbons (Fsp3) is 0.556. The van der Waals surface area contributed by atoms with Crippen molar-refractivity contribution in [2.45, 2.75) is 64.0 Å². The number of carbonyl (C=O) groups is 2. The van der Waals surface area contributed by atoms with Gasteiger partial charge in [-0.2, -0.15) is 0 Å². The molecule has 4 atom stereocenters. The predicted octanol–water partition coefficient (Wildman–Crippen LogP) is 2.77. The number of nitrogens with zero attached hydrogens (tertiary/aromatic N) is 1. The number of benzene rings is 1. The number of likely N-dealkylation sites (tertiary alicyclic amines) is 1. The number of aromatic nitrogens is 1. The van der Waals surface area contributed by atoms with E-state index in [1.165, 1.54) is 16.7 Å². The van der Waals surface area contributed by atoms with Crippen LogP contribution < -0.4 is 15.4 Å². The SMILES string of the molecule is CCNC(=O)CCN1CC[C@]23c4c5cccc4O[C@H]2c2[nH]c(C(=O)NCC)c(C)c2C[C@@H]3[C@@H]1C5. The van der Waals surface area contributed by atoms with E-state index in [1.807, 2.05) is 13.8 Å². The van der Waals surface area contributed by atoms with E-state index < -0.39 is 0 Å². The summed E-state index contributed by atoms with van der Waals surface area (Å²) in [6.07, 6.45) is 3.38. The van der Waals surface area contributed by atoms with Gasteiger partial charge in [0.25, 0.3) is 5.91 Å². The molecule has 1 spiro atoms. The second-order valence-electron chi connectivity index (χ2n) is 10.3. The maximum atomic E-state index is 12.8. The third kappa shape index (κ3) is 2.85. The fourth-order valence-corrected chi connectivity index (χ4v) is 7.43. The number of carbonyl (C=O) groups excluding carboxylic acids is 2. The molecule has 34 heavy (non-hydrogen) atoms. The number of aromatic amines is 1. The minimum Gasteiger partial charge on any atom is -0.483 e. The molecular formula is C27H34N4O3. The number of nitrogens with one attached hydrogen (secondary N) is 3. The van der Waals surface area contributed by atoms with Gasteiger partial charge in [-0.05, 0) is 75.3 Å². The molecule has 2 aliphatic carbocycles. The third-order valence-corrected chi connectivity index (χ3v) is 8.79. The Bertz CT molecular complexity index is 1170. The van der Waals surface area contributed by atoms with Gasteiger partial charge in [-0.25, -0.2) is 0 Å². The van der Waals surface area contributed by atoms with E-state index >= 15 is 0 Å². The average Bonchev–Trinajstić information content (AvgIpc) is 3.33. The van der Waals surface area contributed by atoms with E-state index in [1.54, 1.807) is 0 Å². The van der Waals surface area contributed by atoms with E-state index in [4.69, 9.17) is 4.74 Å². The highest BCUT2D eigenvalue weighted by molar-refractivity contribution is 5.94. The quantitative estimate of drug-likeness (QED) is 0.616. The van der Waals surface area contributed by atoms with Crippen LogP contribution in [0.1, 0.15) is 71.2 Å². The molecule has 1 saturated heterocycles. The van der Waals surface area contributed by atoms with Gasteiger partial charge in [0.2, 0.25) is 5.91 Å². The zero-order valence-electron chi connectivity index (χ0n) is 20.3. The Hall–Kier alpha value is -2.80. The lowest BCUT2D eigenvalue weighted by molar-refractivity contribution is -0.122. The zero-order chi connectivity index (χ0) is 23.6. The monoisotopic (exact) mass is 462 g/mol. The van der Waals surface area contributed by atoms with Crippen LogP contribution in [0.4, 0.5) is 0 Å². The van der Waals surface area contributed by atoms with Crippen LogP contribution in [0.5, 0.6) is 5.75 Å². The van der Waals surface area contributed by atoms with Gasteiger partial charge in [0.05, 0.1) is 5.69 Å². The Morgan fingerprint density at radius 3 is 2.82 bits per heavy atom. The standard InChI is InChI=1S/C27H34N4O3/c1-4-28-21(32)9-11-31-12-10-27-18-14-17-15(3)23(26(33)29-5-2)30-24(17)25(27)34-20-8-6-7-16(22(20)27)13-19(18)31/h6-8,18-19,25,30H,4-5,9-14H2,1-3H3,(H,28,32)(H,29,33)/t18-,19+,25+,27+/m1/s1. The molecule has 7 heteroatoms. The first-order valence-corrected chi connectivity index (χ1v) is 12.8. The molecule has 180 valence electrons. The maximum Gasteiger partial charge on any atom is 0.267 e. The Labute approximate surface area is 200 Å². The molecule has 0 radical (unpaired) electrons. The minimum absolute atomic E-state index is 0.0439. The lowest BCUT2D eigenvalue weighted by Gasteiger charge is -2.58. The van der Waals surface area contributed by atoms with Crippen LogP contribution in [-0.4, -0.2) is 53.9 Å². The molecule has 2 amide bonds. The molecule has 3 N–H and O–H groups in total. The number of hydrogen-bond acceptors (Lipinski definition) is 4. The van der Waals surface area contributed by atoms with Crippen molar-refractivity contribution in [2.24, 2.45) is 5.92 Å². The molecule has 6 rings (SSSR count). The predicted molar refractivity (Wildman–Crippen MR) is 129 cm³/mol. The summed E-state index contributed by atoms with van der Waals surface area (Å²) in [4.78, 5) is 31.1. The highest BCUT2D eigenvalue weighted by Crippen LogP contribution is 2.65. The molecule has 1 aromatic carbocycles. The number of ether oxygens (including phenoxy) is 1. The average molecular weight is 463 g/mol. The first kappa shape index (κ1) is 21.7. The van der Waals surface area contributed by atoms with Gasteiger partial charge >= 0.3 is 0 Å². The Morgan fingerprint density at radius 2 is 2.03 bits per heavy atom. The summed E-state index contributed by atoms with van der Waals surface area (Å²) in [5.74, 6) is 1.50. The van der Waals surface area contributed by atoms with Crippen molar-refractivity contribution in [3.8, 4) is 5.75 Å². The first-order valence-electron chi connectivity index (χ1n) is 12.8. The van der Waals surface area contributed by atoms with Gasteiger partial charge in [-0.15, -0.1) is 0 Å². The van der Waals surface area contributed by atoms with Crippen LogP contribution in [0.25, 0.3) is 0 Å². The molecule has 1 fully saturated rings. The molecule has 0 unspecified atom stereocenters. The number of rotatable bonds is 6. The van der Waals surface area contributed by atoms with Crippen molar-refractivity contribution < 1.29 is 14.3 Å². The molecule has 0 saturated carbocycles. The molecule has 7 nitrogen and oxygen atoms in total. The Kier molecular flexibility index (Phi) is 5.03. The second-order valence-corrected chi connectivity index (χ2v) is 10.3. The van der Waals surface area contributed by atoms with Crippen molar-refractivity contribution in [2.75, 3.05) is 26.2 Å². The van der Waals surface area contributed by atoms with E-state index in [0.29, 0.717) is 37.2 Å². The minimum atomic E-state index is -0.0902. The Balaban J connectivity index is 1.43. The number of fused-ring (bicyclic) bond motifs is 2. The third-order valence-electron chi connectivity index (χ3n) is 8.79. The fourth-order valence-electron chi connectivity index (χ4n) is 7.43. The van der Waals surface area contributed by atoms with Crippen LogP contribution in [0.15, 0.2) is 18.2 Å². The molecule has 2 bridgehead atoms. The summed E-state index contributed by atoms with van der Waals surface area (Å²) >= 11 is 0. The lowest BCUT2D eigenvalue weighted by Crippen LogP contribution is -2.63. The van der Waals surface area contributed by atoms with E-state index in [2.05, 4.69) is 45.6 Å². The smallest absolute Gasteiger partial charge is 0.267 e. The molecule has 4 aliphatic rings. The van der Waals surface area contributed by atoms with Gasteiger partial charge in [0.1, 0.15) is 17.5 Å². The summed E-state index contributed by atoms with van der Waals surface area (Å²) in [7, 11) is 0. The van der Waals surface area contributed by atoms with Crippen molar-refractivity contribution >= 4 is 11.8 Å². The number of amides is 2. The van der Waals surface area contributed by atoms with Gasteiger partial charge in [0.15, 0.2) is 0 Å². The van der Waals surface area contributed by atoms with Crippen molar-refractivity contribution in [1.29, 1.82) is 0 Å². The summed E-state index contributed by atoms with van der Waals surface area (Å²) in [5, 5.41) is 5.90. The van der Waals surface area contributed by atoms with Crippen LogP contribution in [0, 0.1) is 12.8 Å². The van der Waals surface area contributed by atoms with E-state index in [9.17, 15) is 9.59 Å². The van der Waals surface area contributed by atoms with Crippen LogP contribution in [-0.2, 0) is 23.1 Å². The number of H-pyrrole nitrogens is 1. The van der Waals surface area contributed by atoms with Crippen LogP contribution in [0.2, 0.25) is 0 Å². The van der Waals surface area contributed by atoms with E-state index in [-0.39, 0.29) is 23.3 Å². The second kappa shape index (κ2) is 7.87. The van der Waals surface area contributed by atoms with Gasteiger partial charge in [0, 0.05) is 43.1 Å². The summed E-state index contributed by atoms with van der Waals surface area (Å²) in [5.41, 5.74) is 6.78. The largest absolute Gasteiger partial charge is 0.483 e. The summed E-state index contributed by atoms with van der Waals surface area (Å²) < 4.78 is 6.73. The maximum absolute atomic E-state index is 12.8. The van der Waals surface area contributed by atoms with Crippen molar-refractivity contribution in [3.05, 3.63) is 51.8 Å². The van der Waals surface area contributed by atoms with Gasteiger partial charge in [-0.1, -0.05) is 12.1 Å². The highest BCUT2D eigenvalue weighted by atomic mass is 16.5.